The van der Waals surface area contributed by atoms with Gasteiger partial charge in [0.15, 0.2) is 0 Å². The minimum Gasteiger partial charge on any atom is -0.335 e. The highest BCUT2D eigenvalue weighted by Gasteiger charge is 2.29. The van der Waals surface area contributed by atoms with Crippen molar-refractivity contribution in [3.63, 3.8) is 0 Å². The first-order valence-corrected chi connectivity index (χ1v) is 9.77. The quantitative estimate of drug-likeness (QED) is 0.704. The number of rotatable bonds is 4. The van der Waals surface area contributed by atoms with Crippen LogP contribution in [-0.4, -0.2) is 51.7 Å². The van der Waals surface area contributed by atoms with Crippen molar-refractivity contribution in [1.82, 2.24) is 19.6 Å². The van der Waals surface area contributed by atoms with Gasteiger partial charge in [0.05, 0.1) is 11.7 Å². The Morgan fingerprint density at radius 1 is 0.893 bits per heavy atom. The zero-order chi connectivity index (χ0) is 19.5. The average molecular weight is 374 g/mol. The molecule has 0 N–H and O–H groups in total. The van der Waals surface area contributed by atoms with Crippen molar-refractivity contribution in [2.75, 3.05) is 26.2 Å². The second kappa shape index (κ2) is 7.98. The molecule has 2 heterocycles. The molecule has 0 saturated carbocycles. The van der Waals surface area contributed by atoms with Crippen molar-refractivity contribution in [2.45, 2.75) is 13.0 Å². The molecule has 0 unspecified atom stereocenters. The van der Waals surface area contributed by atoms with E-state index < -0.39 is 0 Å². The highest BCUT2D eigenvalue weighted by molar-refractivity contribution is 5.92. The van der Waals surface area contributed by atoms with Gasteiger partial charge in [0.1, 0.15) is 5.69 Å². The van der Waals surface area contributed by atoms with Crippen LogP contribution in [0.2, 0.25) is 0 Å². The Balaban J connectivity index is 1.52. The van der Waals surface area contributed by atoms with Crippen LogP contribution in [0.3, 0.4) is 0 Å². The summed E-state index contributed by atoms with van der Waals surface area (Å²) in [5, 5.41) is 4.31. The van der Waals surface area contributed by atoms with E-state index in [4.69, 9.17) is 0 Å². The molecule has 0 aliphatic carbocycles. The molecule has 1 fully saturated rings. The summed E-state index contributed by atoms with van der Waals surface area (Å²) in [5.41, 5.74) is 4.11. The average Bonchev–Trinajstić information content (AvgIpc) is 3.08. The molecule has 28 heavy (non-hydrogen) atoms. The topological polar surface area (TPSA) is 41.4 Å². The Morgan fingerprint density at radius 2 is 1.43 bits per heavy atom. The molecule has 0 radical (unpaired) electrons. The number of hydrogen-bond donors (Lipinski definition) is 0. The van der Waals surface area contributed by atoms with Crippen LogP contribution in [0.15, 0.2) is 66.7 Å². The molecule has 2 aromatic carbocycles. The zero-order valence-electron chi connectivity index (χ0n) is 16.5. The van der Waals surface area contributed by atoms with Crippen molar-refractivity contribution in [1.29, 1.82) is 0 Å². The van der Waals surface area contributed by atoms with Crippen molar-refractivity contribution < 1.29 is 4.79 Å². The summed E-state index contributed by atoms with van der Waals surface area (Å²) in [4.78, 5) is 17.3. The summed E-state index contributed by atoms with van der Waals surface area (Å²) in [5.74, 6) is 0.0683. The second-order valence-corrected chi connectivity index (χ2v) is 7.35. The van der Waals surface area contributed by atoms with Gasteiger partial charge in [-0.1, -0.05) is 60.7 Å². The smallest absolute Gasteiger partial charge is 0.272 e. The van der Waals surface area contributed by atoms with Gasteiger partial charge in [0.2, 0.25) is 0 Å². The first-order valence-electron chi connectivity index (χ1n) is 9.77. The molecule has 0 atom stereocenters. The Hall–Kier alpha value is -2.92. The van der Waals surface area contributed by atoms with Gasteiger partial charge in [-0.2, -0.15) is 5.10 Å². The molecule has 0 bridgehead atoms. The molecule has 4 rings (SSSR count). The number of carbonyl (C=O) groups excluding carboxylic acids is 1. The maximum Gasteiger partial charge on any atom is 0.272 e. The van der Waals surface area contributed by atoms with Gasteiger partial charge in [-0.05, 0) is 24.1 Å². The lowest BCUT2D eigenvalue weighted by Crippen LogP contribution is -2.50. The minimum absolute atomic E-state index is 0.0683. The summed E-state index contributed by atoms with van der Waals surface area (Å²) >= 11 is 0. The van der Waals surface area contributed by atoms with E-state index in [9.17, 15) is 4.79 Å². The van der Waals surface area contributed by atoms with Gasteiger partial charge in [0.25, 0.3) is 5.91 Å². The Morgan fingerprint density at radius 3 is 1.89 bits per heavy atom. The third-order valence-electron chi connectivity index (χ3n) is 5.42. The minimum atomic E-state index is 0.0683. The van der Waals surface area contributed by atoms with Crippen LogP contribution < -0.4 is 0 Å². The normalized spacial score (nSPS) is 15.2. The highest BCUT2D eigenvalue weighted by atomic mass is 16.2. The fourth-order valence-corrected chi connectivity index (χ4v) is 4.04. The standard InChI is InChI=1S/C23H26N4O/c1-18-17-21(25(2)24-18)23(28)27-15-13-26(14-16-27)22(19-9-5-3-6-10-19)20-11-7-4-8-12-20/h3-12,17,22H,13-16H2,1-2H3. The van der Waals surface area contributed by atoms with Crippen LogP contribution in [0, 0.1) is 6.92 Å². The lowest BCUT2D eigenvalue weighted by molar-refractivity contribution is 0.0587. The SMILES string of the molecule is Cc1cc(C(=O)N2CCN(C(c3ccccc3)c3ccccc3)CC2)n(C)n1. The maximum atomic E-state index is 12.9. The third-order valence-corrected chi connectivity index (χ3v) is 5.42. The molecule has 1 saturated heterocycles. The van der Waals surface area contributed by atoms with Crippen molar-refractivity contribution in [3.05, 3.63) is 89.2 Å². The van der Waals surface area contributed by atoms with Crippen molar-refractivity contribution in [2.24, 2.45) is 7.05 Å². The number of amides is 1. The lowest BCUT2D eigenvalue weighted by atomic mass is 9.96. The van der Waals surface area contributed by atoms with Gasteiger partial charge in [-0.3, -0.25) is 14.4 Å². The van der Waals surface area contributed by atoms with Gasteiger partial charge < -0.3 is 4.90 Å². The molecule has 5 heteroatoms. The van der Waals surface area contributed by atoms with E-state index in [1.54, 1.807) is 4.68 Å². The summed E-state index contributed by atoms with van der Waals surface area (Å²) in [6.07, 6.45) is 0. The van der Waals surface area contributed by atoms with Crippen molar-refractivity contribution >= 4 is 5.91 Å². The molecule has 144 valence electrons. The van der Waals surface area contributed by atoms with Crippen LogP contribution in [0.5, 0.6) is 0 Å². The van der Waals surface area contributed by atoms with E-state index in [-0.39, 0.29) is 11.9 Å². The summed E-state index contributed by atoms with van der Waals surface area (Å²) in [6.45, 7) is 5.05. The van der Waals surface area contributed by atoms with Crippen LogP contribution >= 0.6 is 0 Å². The Bertz CT molecular complexity index is 888. The molecule has 0 spiro atoms. The van der Waals surface area contributed by atoms with E-state index >= 15 is 0 Å². The molecule has 1 aliphatic heterocycles. The first-order chi connectivity index (χ1) is 13.6. The third kappa shape index (κ3) is 3.71. The van der Waals surface area contributed by atoms with E-state index in [0.717, 1.165) is 31.9 Å². The summed E-state index contributed by atoms with van der Waals surface area (Å²) in [6, 6.07) is 23.3. The van der Waals surface area contributed by atoms with Crippen molar-refractivity contribution in [3.8, 4) is 0 Å². The van der Waals surface area contributed by atoms with Gasteiger partial charge in [-0.15, -0.1) is 0 Å². The van der Waals surface area contributed by atoms with Crippen LogP contribution in [0.1, 0.15) is 33.4 Å². The monoisotopic (exact) mass is 374 g/mol. The first kappa shape index (κ1) is 18.4. The number of nitrogens with zero attached hydrogens (tertiary/aromatic N) is 4. The van der Waals surface area contributed by atoms with Crippen LogP contribution in [-0.2, 0) is 7.05 Å². The van der Waals surface area contributed by atoms with E-state index in [0.29, 0.717) is 5.69 Å². The fourth-order valence-electron chi connectivity index (χ4n) is 4.04. The maximum absolute atomic E-state index is 12.9. The number of aromatic nitrogens is 2. The largest absolute Gasteiger partial charge is 0.335 e. The molecular formula is C23H26N4O. The number of carbonyl (C=O) groups is 1. The molecular weight excluding hydrogens is 348 g/mol. The number of piperazine rings is 1. The highest BCUT2D eigenvalue weighted by Crippen LogP contribution is 2.29. The zero-order valence-corrected chi connectivity index (χ0v) is 16.5. The number of benzene rings is 2. The predicted octanol–water partition coefficient (Wildman–Crippen LogP) is 3.28. The number of hydrogen-bond acceptors (Lipinski definition) is 3. The van der Waals surface area contributed by atoms with Gasteiger partial charge in [0, 0.05) is 33.2 Å². The summed E-state index contributed by atoms with van der Waals surface area (Å²) in [7, 11) is 1.83. The molecule has 1 aliphatic rings. The second-order valence-electron chi connectivity index (χ2n) is 7.35. The predicted molar refractivity (Wildman–Crippen MR) is 110 cm³/mol. The number of aryl methyl sites for hydroxylation is 2. The Kier molecular flexibility index (Phi) is 5.26. The molecule has 1 amide bonds. The van der Waals surface area contributed by atoms with E-state index in [1.807, 2.05) is 24.9 Å². The van der Waals surface area contributed by atoms with Crippen LogP contribution in [0.25, 0.3) is 0 Å². The molecule has 3 aromatic rings. The Labute approximate surface area is 166 Å². The molecule has 1 aromatic heterocycles. The van der Waals surface area contributed by atoms with Gasteiger partial charge in [-0.25, -0.2) is 0 Å². The van der Waals surface area contributed by atoms with E-state index in [1.165, 1.54) is 11.1 Å². The summed E-state index contributed by atoms with van der Waals surface area (Å²) < 4.78 is 1.68. The molecule has 5 nitrogen and oxygen atoms in total. The van der Waals surface area contributed by atoms with Crippen LogP contribution in [0.4, 0.5) is 0 Å². The van der Waals surface area contributed by atoms with E-state index in [2.05, 4.69) is 70.7 Å². The van der Waals surface area contributed by atoms with Gasteiger partial charge >= 0.3 is 0 Å². The lowest BCUT2D eigenvalue weighted by Gasteiger charge is -2.39. The fraction of sp³-hybridized carbons (Fsp3) is 0.304.